The van der Waals surface area contributed by atoms with E-state index in [4.69, 9.17) is 4.74 Å². The van der Waals surface area contributed by atoms with Crippen LogP contribution in [0.4, 0.5) is 5.69 Å². The van der Waals surface area contributed by atoms with Crippen LogP contribution in [-0.2, 0) is 11.2 Å². The molecule has 116 valence electrons. The smallest absolute Gasteiger partial charge is 0.265 e. The summed E-state index contributed by atoms with van der Waals surface area (Å²) in [5, 5.41) is 2.93. The maximum atomic E-state index is 12.3. The lowest BCUT2D eigenvalue weighted by Gasteiger charge is -2.17. The van der Waals surface area contributed by atoms with E-state index in [2.05, 4.69) is 34.8 Å². The van der Waals surface area contributed by atoms with Crippen molar-refractivity contribution in [2.75, 3.05) is 5.32 Å². The van der Waals surface area contributed by atoms with Gasteiger partial charge in [-0.15, -0.1) is 0 Å². The lowest BCUT2D eigenvalue weighted by atomic mass is 10.1. The summed E-state index contributed by atoms with van der Waals surface area (Å²) in [5.41, 5.74) is 2.97. The highest BCUT2D eigenvalue weighted by atomic mass is 127. The predicted molar refractivity (Wildman–Crippen MR) is 98.4 cm³/mol. The molecular formula is C18H20INO2. The number of ether oxygens (including phenoxy) is 1. The highest BCUT2D eigenvalue weighted by Crippen LogP contribution is 2.21. The van der Waals surface area contributed by atoms with E-state index in [1.807, 2.05) is 49.4 Å². The topological polar surface area (TPSA) is 38.3 Å². The van der Waals surface area contributed by atoms with Crippen molar-refractivity contribution in [3.05, 3.63) is 57.2 Å². The molecule has 0 bridgehead atoms. The minimum atomic E-state index is -0.550. The van der Waals surface area contributed by atoms with E-state index in [1.54, 1.807) is 6.92 Å². The second-order valence-corrected chi connectivity index (χ2v) is 6.42. The first-order chi connectivity index (χ1) is 10.5. The van der Waals surface area contributed by atoms with Gasteiger partial charge in [0.25, 0.3) is 5.91 Å². The van der Waals surface area contributed by atoms with Gasteiger partial charge in [-0.25, -0.2) is 0 Å². The first kappa shape index (κ1) is 16.8. The van der Waals surface area contributed by atoms with E-state index in [-0.39, 0.29) is 5.91 Å². The van der Waals surface area contributed by atoms with Crippen molar-refractivity contribution in [2.24, 2.45) is 0 Å². The monoisotopic (exact) mass is 409 g/mol. The van der Waals surface area contributed by atoms with Gasteiger partial charge in [-0.2, -0.15) is 0 Å². The van der Waals surface area contributed by atoms with Gasteiger partial charge in [-0.05, 0) is 78.3 Å². The van der Waals surface area contributed by atoms with Gasteiger partial charge in [-0.1, -0.05) is 25.1 Å². The van der Waals surface area contributed by atoms with Crippen molar-refractivity contribution in [1.82, 2.24) is 0 Å². The molecule has 0 radical (unpaired) electrons. The SMILES string of the molecule is CCc1ccccc1O[C@H](C)C(=O)Nc1ccc(I)cc1C. The van der Waals surface area contributed by atoms with E-state index in [1.165, 1.54) is 0 Å². The van der Waals surface area contributed by atoms with Crippen LogP contribution in [0, 0.1) is 10.5 Å². The zero-order valence-electron chi connectivity index (χ0n) is 13.0. The fourth-order valence-electron chi connectivity index (χ4n) is 2.16. The summed E-state index contributed by atoms with van der Waals surface area (Å²) in [6.45, 7) is 5.82. The summed E-state index contributed by atoms with van der Waals surface area (Å²) in [5.74, 6) is 0.627. The molecule has 0 aliphatic heterocycles. The van der Waals surface area contributed by atoms with Crippen LogP contribution in [0.15, 0.2) is 42.5 Å². The number of carbonyl (C=O) groups is 1. The first-order valence-corrected chi connectivity index (χ1v) is 8.40. The zero-order chi connectivity index (χ0) is 16.1. The summed E-state index contributed by atoms with van der Waals surface area (Å²) in [4.78, 5) is 12.3. The number of nitrogens with one attached hydrogen (secondary N) is 1. The van der Waals surface area contributed by atoms with Crippen LogP contribution in [0.2, 0.25) is 0 Å². The quantitative estimate of drug-likeness (QED) is 0.735. The molecule has 1 amide bonds. The molecule has 0 aliphatic carbocycles. The van der Waals surface area contributed by atoms with Crippen molar-refractivity contribution in [1.29, 1.82) is 0 Å². The summed E-state index contributed by atoms with van der Waals surface area (Å²) in [6.07, 6.45) is 0.326. The number of hydrogen-bond acceptors (Lipinski definition) is 2. The van der Waals surface area contributed by atoms with E-state index >= 15 is 0 Å². The molecule has 0 spiro atoms. The molecule has 2 rings (SSSR count). The highest BCUT2D eigenvalue weighted by molar-refractivity contribution is 14.1. The van der Waals surface area contributed by atoms with E-state index in [0.29, 0.717) is 0 Å². The third-order valence-electron chi connectivity index (χ3n) is 3.47. The maximum absolute atomic E-state index is 12.3. The zero-order valence-corrected chi connectivity index (χ0v) is 15.2. The molecule has 1 atom stereocenters. The third kappa shape index (κ3) is 4.22. The number of benzene rings is 2. The number of para-hydroxylation sites is 1. The van der Waals surface area contributed by atoms with Crippen molar-refractivity contribution in [3.8, 4) is 5.75 Å². The van der Waals surface area contributed by atoms with Crippen LogP contribution in [0.25, 0.3) is 0 Å². The highest BCUT2D eigenvalue weighted by Gasteiger charge is 2.16. The van der Waals surface area contributed by atoms with Crippen molar-refractivity contribution >= 4 is 34.2 Å². The molecule has 4 heteroatoms. The molecular weight excluding hydrogens is 389 g/mol. The van der Waals surface area contributed by atoms with Crippen LogP contribution in [-0.4, -0.2) is 12.0 Å². The van der Waals surface area contributed by atoms with E-state index in [0.717, 1.165) is 32.6 Å². The van der Waals surface area contributed by atoms with Gasteiger partial charge in [0, 0.05) is 9.26 Å². The van der Waals surface area contributed by atoms with E-state index < -0.39 is 6.10 Å². The molecule has 3 nitrogen and oxygen atoms in total. The predicted octanol–water partition coefficient (Wildman–Crippen LogP) is 4.57. The Morgan fingerprint density at radius 2 is 2.00 bits per heavy atom. The molecule has 0 aliphatic rings. The molecule has 1 N–H and O–H groups in total. The molecule has 0 aromatic heterocycles. The average Bonchev–Trinajstić information content (AvgIpc) is 2.50. The summed E-state index contributed by atoms with van der Waals surface area (Å²) in [7, 11) is 0. The molecule has 2 aromatic rings. The number of hydrogen-bond donors (Lipinski definition) is 1. The van der Waals surface area contributed by atoms with Crippen LogP contribution >= 0.6 is 22.6 Å². The van der Waals surface area contributed by atoms with Crippen molar-refractivity contribution in [2.45, 2.75) is 33.3 Å². The van der Waals surface area contributed by atoms with Gasteiger partial charge in [0.05, 0.1) is 0 Å². The number of aryl methyl sites for hydroxylation is 2. The van der Waals surface area contributed by atoms with E-state index in [9.17, 15) is 4.79 Å². The Hall–Kier alpha value is -1.56. The Balaban J connectivity index is 2.06. The van der Waals surface area contributed by atoms with Crippen LogP contribution in [0.1, 0.15) is 25.0 Å². The molecule has 0 fully saturated rings. The second kappa shape index (κ2) is 7.63. The fourth-order valence-corrected chi connectivity index (χ4v) is 2.80. The average molecular weight is 409 g/mol. The van der Waals surface area contributed by atoms with Crippen LogP contribution in [0.5, 0.6) is 5.75 Å². The Morgan fingerprint density at radius 3 is 2.68 bits per heavy atom. The molecule has 0 heterocycles. The first-order valence-electron chi connectivity index (χ1n) is 7.33. The minimum Gasteiger partial charge on any atom is -0.481 e. The minimum absolute atomic E-state index is 0.143. The number of rotatable bonds is 5. The van der Waals surface area contributed by atoms with Gasteiger partial charge >= 0.3 is 0 Å². The number of amides is 1. The lowest BCUT2D eigenvalue weighted by Crippen LogP contribution is -2.30. The summed E-state index contributed by atoms with van der Waals surface area (Å²) >= 11 is 2.25. The summed E-state index contributed by atoms with van der Waals surface area (Å²) in [6, 6.07) is 13.7. The molecule has 0 saturated heterocycles. The van der Waals surface area contributed by atoms with Crippen LogP contribution < -0.4 is 10.1 Å². The Labute approximate surface area is 145 Å². The molecule has 2 aromatic carbocycles. The number of anilines is 1. The van der Waals surface area contributed by atoms with Gasteiger partial charge in [0.2, 0.25) is 0 Å². The number of halogens is 1. The Kier molecular flexibility index (Phi) is 5.83. The lowest BCUT2D eigenvalue weighted by molar-refractivity contribution is -0.122. The largest absolute Gasteiger partial charge is 0.481 e. The second-order valence-electron chi connectivity index (χ2n) is 5.17. The van der Waals surface area contributed by atoms with Gasteiger partial charge in [0.1, 0.15) is 5.75 Å². The van der Waals surface area contributed by atoms with Gasteiger partial charge in [-0.3, -0.25) is 4.79 Å². The molecule has 22 heavy (non-hydrogen) atoms. The maximum Gasteiger partial charge on any atom is 0.265 e. The van der Waals surface area contributed by atoms with Crippen LogP contribution in [0.3, 0.4) is 0 Å². The van der Waals surface area contributed by atoms with Crippen molar-refractivity contribution in [3.63, 3.8) is 0 Å². The Bertz CT molecular complexity index is 670. The van der Waals surface area contributed by atoms with Gasteiger partial charge < -0.3 is 10.1 Å². The normalized spacial score (nSPS) is 11.8. The fraction of sp³-hybridized carbons (Fsp3) is 0.278. The molecule has 0 saturated carbocycles. The summed E-state index contributed by atoms with van der Waals surface area (Å²) < 4.78 is 6.97. The third-order valence-corrected chi connectivity index (χ3v) is 4.14. The Morgan fingerprint density at radius 1 is 1.27 bits per heavy atom. The van der Waals surface area contributed by atoms with Crippen molar-refractivity contribution < 1.29 is 9.53 Å². The number of carbonyl (C=O) groups excluding carboxylic acids is 1. The molecule has 0 unspecified atom stereocenters. The van der Waals surface area contributed by atoms with Gasteiger partial charge in [0.15, 0.2) is 6.10 Å². The standard InChI is InChI=1S/C18H20INO2/c1-4-14-7-5-6-8-17(14)22-13(3)18(21)20-16-10-9-15(19)11-12(16)2/h5-11,13H,4H2,1-3H3,(H,20,21)/t13-/m1/s1.